The average molecular weight is 217 g/mol. The Hall–Kier alpha value is -2.23. The van der Waals surface area contributed by atoms with Crippen LogP contribution < -0.4 is 5.32 Å². The molecule has 2 rings (SSSR count). The van der Waals surface area contributed by atoms with Crippen LogP contribution in [0, 0.1) is 0 Å². The molecular weight excluding hydrogens is 206 g/mol. The summed E-state index contributed by atoms with van der Waals surface area (Å²) in [7, 11) is 0. The van der Waals surface area contributed by atoms with Gasteiger partial charge in [-0.3, -0.25) is 4.79 Å². The summed E-state index contributed by atoms with van der Waals surface area (Å²) >= 11 is 0. The molecule has 0 amide bonds. The number of carbonyl (C=O) groups is 1. The Balaban J connectivity index is 2.27. The van der Waals surface area contributed by atoms with Gasteiger partial charge in [-0.15, -0.1) is 0 Å². The fraction of sp³-hybridized carbons (Fsp3) is 0.0833. The van der Waals surface area contributed by atoms with Crippen LogP contribution in [0.5, 0.6) is 0 Å². The maximum Gasteiger partial charge on any atom is 0.206 e. The molecule has 16 heavy (non-hydrogen) atoms. The van der Waals surface area contributed by atoms with E-state index >= 15 is 0 Å². The van der Waals surface area contributed by atoms with Crippen molar-refractivity contribution >= 4 is 11.5 Å². The van der Waals surface area contributed by atoms with Gasteiger partial charge < -0.3 is 15.5 Å². The van der Waals surface area contributed by atoms with Crippen LogP contribution in [0.4, 0.5) is 5.69 Å². The fourth-order valence-corrected chi connectivity index (χ4v) is 1.46. The first-order chi connectivity index (χ1) is 7.66. The van der Waals surface area contributed by atoms with Crippen molar-refractivity contribution in [2.75, 3.05) is 5.32 Å². The monoisotopic (exact) mass is 217 g/mol. The lowest BCUT2D eigenvalue weighted by Crippen LogP contribution is -2.15. The normalized spacial score (nSPS) is 16.0. The van der Waals surface area contributed by atoms with Crippen molar-refractivity contribution in [1.82, 2.24) is 0 Å². The van der Waals surface area contributed by atoms with Gasteiger partial charge in [0.2, 0.25) is 5.78 Å². The summed E-state index contributed by atoms with van der Waals surface area (Å²) in [6.07, 6.45) is 1.20. The number of anilines is 1. The van der Waals surface area contributed by atoms with Crippen molar-refractivity contribution in [2.24, 2.45) is 0 Å². The Morgan fingerprint density at radius 1 is 1.12 bits per heavy atom. The molecule has 4 heteroatoms. The SMILES string of the molecule is O=C1CC(O)=CC(Nc2ccccc2)=C1O. The Morgan fingerprint density at radius 2 is 1.81 bits per heavy atom. The van der Waals surface area contributed by atoms with E-state index in [4.69, 9.17) is 0 Å². The summed E-state index contributed by atoms with van der Waals surface area (Å²) < 4.78 is 0. The van der Waals surface area contributed by atoms with Crippen molar-refractivity contribution in [3.05, 3.63) is 53.6 Å². The number of carbonyl (C=O) groups excluding carboxylic acids is 1. The fourth-order valence-electron chi connectivity index (χ4n) is 1.46. The molecule has 0 aromatic heterocycles. The summed E-state index contributed by atoms with van der Waals surface area (Å²) in [5, 5.41) is 21.7. The van der Waals surface area contributed by atoms with Gasteiger partial charge in [0.15, 0.2) is 5.76 Å². The Bertz CT molecular complexity index is 474. The van der Waals surface area contributed by atoms with Gasteiger partial charge in [0.25, 0.3) is 0 Å². The van der Waals surface area contributed by atoms with Gasteiger partial charge in [-0.25, -0.2) is 0 Å². The molecule has 0 bridgehead atoms. The third-order valence-corrected chi connectivity index (χ3v) is 2.22. The van der Waals surface area contributed by atoms with E-state index in [1.807, 2.05) is 18.2 Å². The summed E-state index contributed by atoms with van der Waals surface area (Å²) in [4.78, 5) is 11.3. The molecule has 0 fully saturated rings. The number of aliphatic hydroxyl groups is 2. The summed E-state index contributed by atoms with van der Waals surface area (Å²) in [6, 6.07) is 9.11. The molecule has 3 N–H and O–H groups in total. The molecule has 0 saturated carbocycles. The summed E-state index contributed by atoms with van der Waals surface area (Å²) in [6.45, 7) is 0. The quantitative estimate of drug-likeness (QED) is 0.710. The minimum Gasteiger partial charge on any atom is -0.512 e. The Kier molecular flexibility index (Phi) is 2.64. The zero-order chi connectivity index (χ0) is 11.5. The first-order valence-corrected chi connectivity index (χ1v) is 4.85. The van der Waals surface area contributed by atoms with Gasteiger partial charge in [0.05, 0.1) is 12.1 Å². The molecule has 1 aliphatic carbocycles. The second-order valence-corrected chi connectivity index (χ2v) is 3.49. The highest BCUT2D eigenvalue weighted by Gasteiger charge is 2.20. The predicted molar refractivity (Wildman–Crippen MR) is 60.1 cm³/mol. The molecule has 0 unspecified atom stereocenters. The van der Waals surface area contributed by atoms with Crippen LogP contribution in [0.2, 0.25) is 0 Å². The first-order valence-electron chi connectivity index (χ1n) is 4.85. The second-order valence-electron chi connectivity index (χ2n) is 3.49. The van der Waals surface area contributed by atoms with Crippen LogP contribution in [-0.2, 0) is 4.79 Å². The third kappa shape index (κ3) is 2.06. The Labute approximate surface area is 92.5 Å². The van der Waals surface area contributed by atoms with Gasteiger partial charge in [-0.05, 0) is 12.1 Å². The number of allylic oxidation sites excluding steroid dienone is 3. The molecule has 0 atom stereocenters. The molecule has 82 valence electrons. The molecule has 1 aliphatic rings. The zero-order valence-electron chi connectivity index (χ0n) is 8.47. The van der Waals surface area contributed by atoms with E-state index in [1.165, 1.54) is 6.08 Å². The van der Waals surface area contributed by atoms with Crippen LogP contribution in [0.15, 0.2) is 53.6 Å². The standard InChI is InChI=1S/C12H11NO3/c14-9-6-10(12(16)11(15)7-9)13-8-4-2-1-3-5-8/h1-6,13-14,16H,7H2. The number of ketones is 1. The number of para-hydroxylation sites is 1. The molecule has 0 radical (unpaired) electrons. The minimum absolute atomic E-state index is 0.0544. The lowest BCUT2D eigenvalue weighted by atomic mass is 10.1. The van der Waals surface area contributed by atoms with E-state index < -0.39 is 5.78 Å². The third-order valence-electron chi connectivity index (χ3n) is 2.22. The smallest absolute Gasteiger partial charge is 0.206 e. The zero-order valence-corrected chi connectivity index (χ0v) is 8.47. The number of Topliss-reactive ketones (excluding diaryl/α,β-unsaturated/α-hetero) is 1. The number of hydrogen-bond donors (Lipinski definition) is 3. The van der Waals surface area contributed by atoms with E-state index in [0.717, 1.165) is 5.69 Å². The highest BCUT2D eigenvalue weighted by atomic mass is 16.3. The van der Waals surface area contributed by atoms with E-state index in [9.17, 15) is 15.0 Å². The number of aliphatic hydroxyl groups excluding tert-OH is 2. The minimum atomic E-state index is -0.488. The van der Waals surface area contributed by atoms with Crippen molar-refractivity contribution < 1.29 is 15.0 Å². The summed E-state index contributed by atoms with van der Waals surface area (Å²) in [5.74, 6) is -0.888. The number of hydrogen-bond acceptors (Lipinski definition) is 4. The van der Waals surface area contributed by atoms with Crippen LogP contribution >= 0.6 is 0 Å². The number of benzene rings is 1. The highest BCUT2D eigenvalue weighted by molar-refractivity contribution is 5.97. The van der Waals surface area contributed by atoms with Crippen LogP contribution in [0.1, 0.15) is 6.42 Å². The first kappa shape index (κ1) is 10.3. The van der Waals surface area contributed by atoms with Crippen molar-refractivity contribution in [2.45, 2.75) is 6.42 Å². The van der Waals surface area contributed by atoms with Crippen LogP contribution in [0.3, 0.4) is 0 Å². The van der Waals surface area contributed by atoms with E-state index in [1.54, 1.807) is 12.1 Å². The van der Waals surface area contributed by atoms with Gasteiger partial charge in [0, 0.05) is 11.8 Å². The van der Waals surface area contributed by atoms with Crippen molar-refractivity contribution in [3.63, 3.8) is 0 Å². The number of rotatable bonds is 2. The topological polar surface area (TPSA) is 69.6 Å². The van der Waals surface area contributed by atoms with E-state index in [-0.39, 0.29) is 23.6 Å². The maximum atomic E-state index is 11.3. The van der Waals surface area contributed by atoms with Crippen LogP contribution in [-0.4, -0.2) is 16.0 Å². The lowest BCUT2D eigenvalue weighted by Gasteiger charge is -2.14. The molecule has 4 nitrogen and oxygen atoms in total. The largest absolute Gasteiger partial charge is 0.512 e. The molecule has 0 saturated heterocycles. The maximum absolute atomic E-state index is 11.3. The number of nitrogens with one attached hydrogen (secondary N) is 1. The molecular formula is C12H11NO3. The second kappa shape index (κ2) is 4.10. The van der Waals surface area contributed by atoms with Gasteiger partial charge in [-0.1, -0.05) is 18.2 Å². The van der Waals surface area contributed by atoms with E-state index in [2.05, 4.69) is 5.32 Å². The summed E-state index contributed by atoms with van der Waals surface area (Å²) in [5.41, 5.74) is 0.961. The van der Waals surface area contributed by atoms with Crippen molar-refractivity contribution in [3.8, 4) is 0 Å². The highest BCUT2D eigenvalue weighted by Crippen LogP contribution is 2.20. The predicted octanol–water partition coefficient (Wildman–Crippen LogP) is 2.28. The van der Waals surface area contributed by atoms with Gasteiger partial charge in [-0.2, -0.15) is 0 Å². The van der Waals surface area contributed by atoms with Gasteiger partial charge in [0.1, 0.15) is 5.76 Å². The van der Waals surface area contributed by atoms with Crippen molar-refractivity contribution in [1.29, 1.82) is 0 Å². The molecule has 0 spiro atoms. The average Bonchev–Trinajstić information content (AvgIpc) is 2.27. The molecule has 1 aromatic carbocycles. The Morgan fingerprint density at radius 3 is 2.50 bits per heavy atom. The van der Waals surface area contributed by atoms with Gasteiger partial charge >= 0.3 is 0 Å². The lowest BCUT2D eigenvalue weighted by molar-refractivity contribution is -0.118. The molecule has 0 heterocycles. The molecule has 1 aromatic rings. The van der Waals surface area contributed by atoms with E-state index in [0.29, 0.717) is 0 Å². The molecule has 0 aliphatic heterocycles. The van der Waals surface area contributed by atoms with Crippen LogP contribution in [0.25, 0.3) is 0 Å².